The summed E-state index contributed by atoms with van der Waals surface area (Å²) in [7, 11) is 0. The van der Waals surface area contributed by atoms with Crippen molar-refractivity contribution in [3.63, 3.8) is 0 Å². The topological polar surface area (TPSA) is 50.8 Å². The van der Waals surface area contributed by atoms with Gasteiger partial charge in [-0.25, -0.2) is 0 Å². The molecule has 110 valence electrons. The molecule has 1 N–H and O–H groups in total. The molecular weight excluding hydrogens is 264 g/mol. The summed E-state index contributed by atoms with van der Waals surface area (Å²) in [6.45, 7) is 9.69. The summed E-state index contributed by atoms with van der Waals surface area (Å²) in [5.41, 5.74) is -0.412. The number of nitrogens with zero attached hydrogens (tertiary/aromatic N) is 1. The fraction of sp³-hybridized carbons (Fsp3) is 0.846. The third kappa shape index (κ3) is 5.32. The summed E-state index contributed by atoms with van der Waals surface area (Å²) >= 11 is 5.27. The van der Waals surface area contributed by atoms with Gasteiger partial charge in [0, 0.05) is 13.1 Å². The van der Waals surface area contributed by atoms with E-state index in [2.05, 4.69) is 10.2 Å². The number of thiocarbonyl (C=S) groups is 1. The molecule has 0 atom stereocenters. The van der Waals surface area contributed by atoms with E-state index in [1.165, 1.54) is 0 Å². The molecule has 0 saturated carbocycles. The van der Waals surface area contributed by atoms with Gasteiger partial charge < -0.3 is 19.7 Å². The van der Waals surface area contributed by atoms with E-state index < -0.39 is 5.41 Å². The molecule has 0 aromatic heterocycles. The van der Waals surface area contributed by atoms with Crippen molar-refractivity contribution in [3.8, 4) is 0 Å². The Hall–Kier alpha value is -0.880. The zero-order valence-electron chi connectivity index (χ0n) is 12.0. The van der Waals surface area contributed by atoms with E-state index in [0.29, 0.717) is 31.5 Å². The highest BCUT2D eigenvalue weighted by atomic mass is 32.1. The Bertz CT molecular complexity index is 315. The highest BCUT2D eigenvalue weighted by Crippen LogP contribution is 2.21. The van der Waals surface area contributed by atoms with Crippen molar-refractivity contribution in [1.82, 2.24) is 10.2 Å². The quantitative estimate of drug-likeness (QED) is 0.466. The van der Waals surface area contributed by atoms with Crippen molar-refractivity contribution in [2.45, 2.75) is 27.2 Å². The van der Waals surface area contributed by atoms with Gasteiger partial charge in [0.15, 0.2) is 5.11 Å². The van der Waals surface area contributed by atoms with Crippen LogP contribution in [0.25, 0.3) is 0 Å². The molecule has 0 unspecified atom stereocenters. The van der Waals surface area contributed by atoms with Crippen molar-refractivity contribution in [1.29, 1.82) is 0 Å². The zero-order valence-corrected chi connectivity index (χ0v) is 12.8. The number of rotatable bonds is 5. The van der Waals surface area contributed by atoms with Crippen molar-refractivity contribution >= 4 is 23.3 Å². The molecule has 0 bridgehead atoms. The molecule has 6 heteroatoms. The van der Waals surface area contributed by atoms with Gasteiger partial charge in [0.1, 0.15) is 6.61 Å². The Morgan fingerprint density at radius 1 is 1.42 bits per heavy atom. The number of morpholine rings is 1. The van der Waals surface area contributed by atoms with E-state index in [-0.39, 0.29) is 5.97 Å². The monoisotopic (exact) mass is 288 g/mol. The minimum atomic E-state index is -0.412. The number of carbonyl (C=O) groups is 1. The average molecular weight is 288 g/mol. The van der Waals surface area contributed by atoms with E-state index in [0.717, 1.165) is 19.5 Å². The first kappa shape index (κ1) is 16.2. The van der Waals surface area contributed by atoms with Gasteiger partial charge in [0.2, 0.25) is 0 Å². The molecule has 0 amide bonds. The lowest BCUT2D eigenvalue weighted by atomic mass is 9.91. The minimum Gasteiger partial charge on any atom is -0.463 e. The maximum atomic E-state index is 11.7. The molecule has 1 rings (SSSR count). The molecule has 1 aliphatic heterocycles. The lowest BCUT2D eigenvalue weighted by Gasteiger charge is -2.29. The van der Waals surface area contributed by atoms with Crippen LogP contribution in [0.1, 0.15) is 27.2 Å². The van der Waals surface area contributed by atoms with Crippen LogP contribution in [-0.2, 0) is 14.3 Å². The predicted molar refractivity (Wildman–Crippen MR) is 78.0 cm³/mol. The molecule has 0 aliphatic carbocycles. The lowest BCUT2D eigenvalue weighted by molar-refractivity contribution is -0.153. The minimum absolute atomic E-state index is 0.158. The van der Waals surface area contributed by atoms with Gasteiger partial charge in [-0.1, -0.05) is 6.92 Å². The third-order valence-electron chi connectivity index (χ3n) is 3.35. The van der Waals surface area contributed by atoms with Gasteiger partial charge in [0.25, 0.3) is 0 Å². The van der Waals surface area contributed by atoms with Crippen molar-refractivity contribution in [2.24, 2.45) is 5.41 Å². The van der Waals surface area contributed by atoms with Gasteiger partial charge in [0.05, 0.1) is 25.2 Å². The first-order chi connectivity index (χ1) is 8.97. The van der Waals surface area contributed by atoms with Gasteiger partial charge in [-0.15, -0.1) is 0 Å². The van der Waals surface area contributed by atoms with E-state index in [4.69, 9.17) is 21.7 Å². The van der Waals surface area contributed by atoms with Gasteiger partial charge >= 0.3 is 5.97 Å². The van der Waals surface area contributed by atoms with E-state index in [1.807, 2.05) is 20.8 Å². The Kier molecular flexibility index (Phi) is 6.51. The van der Waals surface area contributed by atoms with Gasteiger partial charge in [-0.2, -0.15) is 0 Å². The summed E-state index contributed by atoms with van der Waals surface area (Å²) in [4.78, 5) is 13.8. The summed E-state index contributed by atoms with van der Waals surface area (Å²) < 4.78 is 10.5. The highest BCUT2D eigenvalue weighted by Gasteiger charge is 2.26. The average Bonchev–Trinajstić information content (AvgIpc) is 2.43. The highest BCUT2D eigenvalue weighted by molar-refractivity contribution is 7.80. The Labute approximate surface area is 120 Å². The van der Waals surface area contributed by atoms with E-state index in [9.17, 15) is 4.79 Å². The normalized spacial score (nSPS) is 16.1. The van der Waals surface area contributed by atoms with Crippen LogP contribution < -0.4 is 5.32 Å². The number of nitrogens with one attached hydrogen (secondary N) is 1. The molecule has 1 saturated heterocycles. The summed E-state index contributed by atoms with van der Waals surface area (Å²) in [5, 5.41) is 3.80. The first-order valence-electron chi connectivity index (χ1n) is 6.75. The van der Waals surface area contributed by atoms with Crippen LogP contribution in [0.3, 0.4) is 0 Å². The largest absolute Gasteiger partial charge is 0.463 e. The van der Waals surface area contributed by atoms with Crippen LogP contribution in [0.15, 0.2) is 0 Å². The maximum absolute atomic E-state index is 11.7. The molecule has 19 heavy (non-hydrogen) atoms. The molecule has 1 fully saturated rings. The van der Waals surface area contributed by atoms with Crippen molar-refractivity contribution in [2.75, 3.05) is 39.5 Å². The van der Waals surface area contributed by atoms with Gasteiger partial charge in [-0.3, -0.25) is 4.79 Å². The van der Waals surface area contributed by atoms with Crippen LogP contribution in [0.2, 0.25) is 0 Å². The number of carbonyl (C=O) groups excluding carboxylic acids is 1. The van der Waals surface area contributed by atoms with Gasteiger partial charge in [-0.05, 0) is 32.5 Å². The Morgan fingerprint density at radius 2 is 2.05 bits per heavy atom. The van der Waals surface area contributed by atoms with Crippen LogP contribution >= 0.6 is 12.2 Å². The fourth-order valence-corrected chi connectivity index (χ4v) is 1.80. The van der Waals surface area contributed by atoms with E-state index >= 15 is 0 Å². The number of esters is 1. The van der Waals surface area contributed by atoms with Crippen LogP contribution in [0.4, 0.5) is 0 Å². The number of hydrogen-bond donors (Lipinski definition) is 1. The SMILES string of the molecule is CCC(C)(C)C(=O)OCCNC(=S)N1CCOCC1. The summed E-state index contributed by atoms with van der Waals surface area (Å²) in [5.74, 6) is -0.158. The van der Waals surface area contributed by atoms with Crippen LogP contribution in [0.5, 0.6) is 0 Å². The second-order valence-electron chi connectivity index (χ2n) is 5.20. The number of ether oxygens (including phenoxy) is 2. The standard InChI is InChI=1S/C13H24N2O3S/c1-4-13(2,3)11(16)18-8-5-14-12(19)15-6-9-17-10-7-15/h4-10H2,1-3H3,(H,14,19). The number of hydrogen-bond acceptors (Lipinski definition) is 4. The zero-order chi connectivity index (χ0) is 14.3. The molecule has 0 aromatic rings. The molecule has 1 aliphatic rings. The van der Waals surface area contributed by atoms with Crippen LogP contribution in [-0.4, -0.2) is 55.4 Å². The predicted octanol–water partition coefficient (Wildman–Crippen LogP) is 1.17. The third-order valence-corrected chi connectivity index (χ3v) is 3.75. The molecule has 0 aromatic carbocycles. The van der Waals surface area contributed by atoms with Crippen molar-refractivity contribution in [3.05, 3.63) is 0 Å². The molecule has 5 nitrogen and oxygen atoms in total. The fourth-order valence-electron chi connectivity index (χ4n) is 1.52. The van der Waals surface area contributed by atoms with Crippen molar-refractivity contribution < 1.29 is 14.3 Å². The molecule has 1 heterocycles. The molecule has 0 spiro atoms. The second kappa shape index (κ2) is 7.65. The Morgan fingerprint density at radius 3 is 2.63 bits per heavy atom. The lowest BCUT2D eigenvalue weighted by Crippen LogP contribution is -2.46. The molecular formula is C13H24N2O3S. The van der Waals surface area contributed by atoms with Crippen LogP contribution in [0, 0.1) is 5.41 Å². The maximum Gasteiger partial charge on any atom is 0.311 e. The Balaban J connectivity index is 2.16. The summed E-state index contributed by atoms with van der Waals surface area (Å²) in [6, 6.07) is 0. The molecule has 0 radical (unpaired) electrons. The van der Waals surface area contributed by atoms with E-state index in [1.54, 1.807) is 0 Å². The first-order valence-corrected chi connectivity index (χ1v) is 7.16. The smallest absolute Gasteiger partial charge is 0.311 e. The summed E-state index contributed by atoms with van der Waals surface area (Å²) in [6.07, 6.45) is 0.769. The second-order valence-corrected chi connectivity index (χ2v) is 5.59.